The lowest BCUT2D eigenvalue weighted by Gasteiger charge is -2.34. The molecule has 0 amide bonds. The van der Waals surface area contributed by atoms with E-state index in [1.54, 1.807) is 0 Å². The number of anilines is 3. The minimum Gasteiger partial charge on any atom is -0.378 e. The van der Waals surface area contributed by atoms with Gasteiger partial charge in [-0.2, -0.15) is 10.1 Å². The predicted octanol–water partition coefficient (Wildman–Crippen LogP) is 2.73. The summed E-state index contributed by atoms with van der Waals surface area (Å²) in [6, 6.07) is 4.43. The number of ether oxygens (including phenoxy) is 1. The van der Waals surface area contributed by atoms with Crippen molar-refractivity contribution in [1.29, 1.82) is 0 Å². The van der Waals surface area contributed by atoms with Crippen molar-refractivity contribution in [2.75, 3.05) is 54.5 Å². The Morgan fingerprint density at radius 1 is 1.06 bits per heavy atom. The molecule has 2 aliphatic rings. The van der Waals surface area contributed by atoms with E-state index in [2.05, 4.69) is 46.9 Å². The Labute approximate surface area is 188 Å². The van der Waals surface area contributed by atoms with Crippen molar-refractivity contribution < 1.29 is 4.74 Å². The van der Waals surface area contributed by atoms with Crippen LogP contribution >= 0.6 is 0 Å². The summed E-state index contributed by atoms with van der Waals surface area (Å²) in [5, 5.41) is 8.42. The molecule has 9 nitrogen and oxygen atoms in total. The monoisotopic (exact) mass is 436 g/mol. The molecule has 2 aliphatic heterocycles. The number of hydrogen-bond donors (Lipinski definition) is 1. The van der Waals surface area contributed by atoms with Crippen LogP contribution in [0.2, 0.25) is 0 Å². The largest absolute Gasteiger partial charge is 0.378 e. The number of fused-ring (bicyclic) bond motifs is 1. The van der Waals surface area contributed by atoms with Gasteiger partial charge < -0.3 is 19.9 Å². The van der Waals surface area contributed by atoms with E-state index in [4.69, 9.17) is 19.8 Å². The molecule has 1 atom stereocenters. The van der Waals surface area contributed by atoms with E-state index in [1.807, 2.05) is 29.2 Å². The minimum atomic E-state index is 0.000479. The van der Waals surface area contributed by atoms with Gasteiger partial charge >= 0.3 is 0 Å². The summed E-state index contributed by atoms with van der Waals surface area (Å²) in [7, 11) is 0. The Morgan fingerprint density at radius 2 is 1.91 bits per heavy atom. The zero-order valence-electron chi connectivity index (χ0n) is 19.2. The normalized spacial score (nSPS) is 20.0. The maximum Gasteiger partial charge on any atom is 0.227 e. The van der Waals surface area contributed by atoms with Crippen molar-refractivity contribution >= 4 is 23.1 Å². The second kappa shape index (κ2) is 8.54. The van der Waals surface area contributed by atoms with Crippen LogP contribution < -0.4 is 15.1 Å². The molecular weight excluding hydrogens is 404 g/mol. The number of morpholine rings is 1. The standard InChI is InChI=1S/C23H32N8O/c1-23(2,3)19-15-18-21(24-8-10-31(18)28-19)30-9-4-5-17(16-30)26-20-6-7-25-22(27-20)29-11-13-32-14-12-29/h6-8,10,15,17H,4-5,9,11-14,16H2,1-3H3,(H,25,26,27). The average Bonchev–Trinajstić information content (AvgIpc) is 3.25. The molecule has 1 unspecified atom stereocenters. The van der Waals surface area contributed by atoms with Crippen molar-refractivity contribution in [2.45, 2.75) is 45.1 Å². The molecular formula is C23H32N8O. The number of rotatable bonds is 4. The molecule has 2 fully saturated rings. The van der Waals surface area contributed by atoms with Crippen molar-refractivity contribution in [1.82, 2.24) is 24.6 Å². The fraction of sp³-hybridized carbons (Fsp3) is 0.565. The first-order chi connectivity index (χ1) is 15.5. The molecule has 1 N–H and O–H groups in total. The van der Waals surface area contributed by atoms with Crippen LogP contribution in [0.5, 0.6) is 0 Å². The number of hydrogen-bond acceptors (Lipinski definition) is 8. The Morgan fingerprint density at radius 3 is 2.72 bits per heavy atom. The van der Waals surface area contributed by atoms with Gasteiger partial charge in [0.2, 0.25) is 5.95 Å². The van der Waals surface area contributed by atoms with Crippen LogP contribution in [0.15, 0.2) is 30.7 Å². The molecule has 0 bridgehead atoms. The average molecular weight is 437 g/mol. The topological polar surface area (TPSA) is 83.7 Å². The zero-order chi connectivity index (χ0) is 22.1. The number of nitrogens with one attached hydrogen (secondary N) is 1. The van der Waals surface area contributed by atoms with Gasteiger partial charge in [0.05, 0.1) is 18.9 Å². The maximum atomic E-state index is 5.45. The highest BCUT2D eigenvalue weighted by Gasteiger charge is 2.25. The maximum absolute atomic E-state index is 5.45. The summed E-state index contributed by atoms with van der Waals surface area (Å²) in [6.07, 6.45) is 7.81. The van der Waals surface area contributed by atoms with E-state index in [0.717, 1.165) is 81.0 Å². The van der Waals surface area contributed by atoms with Crippen LogP contribution in [0.25, 0.3) is 5.52 Å². The molecule has 170 valence electrons. The smallest absolute Gasteiger partial charge is 0.227 e. The SMILES string of the molecule is CC(C)(C)c1cc2c(N3CCCC(Nc4ccnc(N5CCOCC5)n4)C3)nccn2n1. The first-order valence-electron chi connectivity index (χ1n) is 11.5. The Kier molecular flexibility index (Phi) is 5.58. The Bertz CT molecular complexity index is 1070. The van der Waals surface area contributed by atoms with Crippen molar-refractivity contribution in [2.24, 2.45) is 0 Å². The molecule has 2 saturated heterocycles. The molecule has 0 spiro atoms. The number of nitrogens with zero attached hydrogens (tertiary/aromatic N) is 7. The molecule has 9 heteroatoms. The summed E-state index contributed by atoms with van der Waals surface area (Å²) in [5.41, 5.74) is 2.14. The highest BCUT2D eigenvalue weighted by Crippen LogP contribution is 2.28. The van der Waals surface area contributed by atoms with Crippen LogP contribution in [0.3, 0.4) is 0 Å². The van der Waals surface area contributed by atoms with Crippen molar-refractivity contribution in [3.8, 4) is 0 Å². The van der Waals surface area contributed by atoms with E-state index < -0.39 is 0 Å². The second-order valence-electron chi connectivity index (χ2n) is 9.63. The molecule has 3 aromatic rings. The van der Waals surface area contributed by atoms with Crippen LogP contribution in [-0.2, 0) is 10.2 Å². The van der Waals surface area contributed by atoms with Gasteiger partial charge in [-0.25, -0.2) is 14.5 Å². The Balaban J connectivity index is 1.33. The third-order valence-electron chi connectivity index (χ3n) is 6.15. The summed E-state index contributed by atoms with van der Waals surface area (Å²) < 4.78 is 7.40. The predicted molar refractivity (Wildman–Crippen MR) is 126 cm³/mol. The molecule has 0 radical (unpaired) electrons. The zero-order valence-corrected chi connectivity index (χ0v) is 19.2. The second-order valence-corrected chi connectivity index (χ2v) is 9.63. The molecule has 0 aliphatic carbocycles. The van der Waals surface area contributed by atoms with Crippen LogP contribution in [-0.4, -0.2) is 70.0 Å². The summed E-state index contributed by atoms with van der Waals surface area (Å²) in [4.78, 5) is 18.5. The van der Waals surface area contributed by atoms with Gasteiger partial charge in [-0.05, 0) is 25.0 Å². The summed E-state index contributed by atoms with van der Waals surface area (Å²) in [6.45, 7) is 11.5. The lowest BCUT2D eigenvalue weighted by molar-refractivity contribution is 0.122. The number of piperidine rings is 1. The molecule has 3 aromatic heterocycles. The highest BCUT2D eigenvalue weighted by atomic mass is 16.5. The van der Waals surface area contributed by atoms with Crippen molar-refractivity contribution in [3.05, 3.63) is 36.4 Å². The summed E-state index contributed by atoms with van der Waals surface area (Å²) >= 11 is 0. The first kappa shape index (κ1) is 20.9. The minimum absolute atomic E-state index is 0.000479. The molecule has 5 rings (SSSR count). The molecule has 0 saturated carbocycles. The van der Waals surface area contributed by atoms with Gasteiger partial charge in [0.15, 0.2) is 5.82 Å². The van der Waals surface area contributed by atoms with E-state index in [-0.39, 0.29) is 5.41 Å². The highest BCUT2D eigenvalue weighted by molar-refractivity contribution is 5.69. The van der Waals surface area contributed by atoms with Crippen LogP contribution in [0.1, 0.15) is 39.3 Å². The van der Waals surface area contributed by atoms with Gasteiger partial charge in [0.25, 0.3) is 0 Å². The van der Waals surface area contributed by atoms with E-state index in [9.17, 15) is 0 Å². The Hall–Kier alpha value is -2.94. The molecule has 5 heterocycles. The third-order valence-corrected chi connectivity index (χ3v) is 6.15. The lowest BCUT2D eigenvalue weighted by Crippen LogP contribution is -2.43. The fourth-order valence-electron chi connectivity index (χ4n) is 4.36. The van der Waals surface area contributed by atoms with Crippen molar-refractivity contribution in [3.63, 3.8) is 0 Å². The summed E-state index contributed by atoms with van der Waals surface area (Å²) in [5.74, 6) is 2.64. The quantitative estimate of drug-likeness (QED) is 0.668. The lowest BCUT2D eigenvalue weighted by atomic mass is 9.92. The molecule has 0 aromatic carbocycles. The van der Waals surface area contributed by atoms with Gasteiger partial charge in [0.1, 0.15) is 11.3 Å². The molecule has 32 heavy (non-hydrogen) atoms. The van der Waals surface area contributed by atoms with Gasteiger partial charge in [-0.15, -0.1) is 0 Å². The first-order valence-corrected chi connectivity index (χ1v) is 11.5. The van der Waals surface area contributed by atoms with Gasteiger partial charge in [0, 0.05) is 56.2 Å². The fourth-order valence-corrected chi connectivity index (χ4v) is 4.36. The van der Waals surface area contributed by atoms with Crippen LogP contribution in [0.4, 0.5) is 17.6 Å². The van der Waals surface area contributed by atoms with Gasteiger partial charge in [-0.1, -0.05) is 20.8 Å². The van der Waals surface area contributed by atoms with E-state index in [0.29, 0.717) is 6.04 Å². The van der Waals surface area contributed by atoms with E-state index >= 15 is 0 Å². The number of aromatic nitrogens is 5. The third kappa shape index (κ3) is 4.34. The van der Waals surface area contributed by atoms with Crippen LogP contribution in [0, 0.1) is 0 Å². The van der Waals surface area contributed by atoms with E-state index in [1.165, 1.54) is 0 Å². The van der Waals surface area contributed by atoms with Gasteiger partial charge in [-0.3, -0.25) is 0 Å².